The molecule has 0 fully saturated rings. The van der Waals surface area contributed by atoms with E-state index in [4.69, 9.17) is 27.9 Å². The van der Waals surface area contributed by atoms with Gasteiger partial charge in [-0.05, 0) is 36.8 Å². The summed E-state index contributed by atoms with van der Waals surface area (Å²) < 4.78 is 5.06. The van der Waals surface area contributed by atoms with Crippen molar-refractivity contribution in [3.8, 4) is 0 Å². The molecule has 0 heterocycles. The van der Waals surface area contributed by atoms with E-state index >= 15 is 0 Å². The van der Waals surface area contributed by atoms with Crippen LogP contribution in [0.4, 0.5) is 5.69 Å². The molecule has 0 saturated carbocycles. The third kappa shape index (κ3) is 5.41. The molecule has 0 aliphatic carbocycles. The summed E-state index contributed by atoms with van der Waals surface area (Å²) in [4.78, 5) is 23.8. The number of rotatable bonds is 5. The first-order valence-electron chi connectivity index (χ1n) is 7.15. The number of anilines is 1. The molecule has 2 rings (SSSR count). The number of benzene rings is 2. The Morgan fingerprint density at radius 1 is 1.12 bits per heavy atom. The van der Waals surface area contributed by atoms with E-state index in [0.29, 0.717) is 15.7 Å². The van der Waals surface area contributed by atoms with E-state index in [1.54, 1.807) is 18.2 Å². The Balaban J connectivity index is 1.91. The van der Waals surface area contributed by atoms with Gasteiger partial charge in [0.2, 0.25) is 0 Å². The van der Waals surface area contributed by atoms with Gasteiger partial charge in [0, 0.05) is 11.1 Å². The molecule has 24 heavy (non-hydrogen) atoms. The van der Waals surface area contributed by atoms with Crippen molar-refractivity contribution in [2.75, 3.05) is 5.32 Å². The van der Waals surface area contributed by atoms with Gasteiger partial charge in [-0.2, -0.15) is 0 Å². The number of hydrogen-bond donors (Lipinski definition) is 1. The minimum atomic E-state index is -0.968. The van der Waals surface area contributed by atoms with E-state index in [9.17, 15) is 9.59 Å². The van der Waals surface area contributed by atoms with Crippen LogP contribution in [-0.4, -0.2) is 18.0 Å². The van der Waals surface area contributed by atoms with Crippen LogP contribution in [0.25, 0.3) is 6.08 Å². The number of halogens is 2. The van der Waals surface area contributed by atoms with Crippen LogP contribution in [-0.2, 0) is 14.3 Å². The molecule has 4 nitrogen and oxygen atoms in total. The lowest BCUT2D eigenvalue weighted by Gasteiger charge is -2.13. The summed E-state index contributed by atoms with van der Waals surface area (Å²) in [6.07, 6.45) is 1.92. The number of ether oxygens (including phenoxy) is 1. The summed E-state index contributed by atoms with van der Waals surface area (Å²) in [5.41, 5.74) is 1.26. The van der Waals surface area contributed by atoms with E-state index in [1.807, 2.05) is 30.3 Å². The largest absolute Gasteiger partial charge is 0.449 e. The number of amides is 1. The molecule has 0 aromatic heterocycles. The Bertz CT molecular complexity index is 760. The third-order valence-electron chi connectivity index (χ3n) is 3.06. The molecule has 0 radical (unpaired) electrons. The van der Waals surface area contributed by atoms with Crippen molar-refractivity contribution in [2.45, 2.75) is 13.0 Å². The molecule has 0 saturated heterocycles. The maximum atomic E-state index is 12.1. The van der Waals surface area contributed by atoms with Crippen LogP contribution in [0.5, 0.6) is 0 Å². The minimum absolute atomic E-state index is 0.304. The second-order valence-corrected chi connectivity index (χ2v) is 5.78. The molecule has 6 heteroatoms. The Kier molecular flexibility index (Phi) is 6.41. The first-order valence-corrected chi connectivity index (χ1v) is 7.91. The molecular weight excluding hydrogens is 349 g/mol. The van der Waals surface area contributed by atoms with Crippen molar-refractivity contribution in [3.63, 3.8) is 0 Å². The Morgan fingerprint density at radius 3 is 2.50 bits per heavy atom. The van der Waals surface area contributed by atoms with Crippen molar-refractivity contribution in [2.24, 2.45) is 0 Å². The second kappa shape index (κ2) is 8.52. The second-order valence-electron chi connectivity index (χ2n) is 4.94. The molecule has 124 valence electrons. The first kappa shape index (κ1) is 18.0. The standard InChI is InChI=1S/C18H15Cl2NO3/c1-12(18(23)21-16-9-8-14(19)11-15(16)20)24-17(22)10-7-13-5-3-2-4-6-13/h2-12H,1H3,(H,21,23)/b10-7+/t12-/m0/s1. The van der Waals surface area contributed by atoms with E-state index < -0.39 is 18.0 Å². The SMILES string of the molecule is C[C@H](OC(=O)/C=C/c1ccccc1)C(=O)Nc1ccc(Cl)cc1Cl. The zero-order valence-electron chi connectivity index (χ0n) is 12.8. The lowest BCUT2D eigenvalue weighted by molar-refractivity contribution is -0.148. The van der Waals surface area contributed by atoms with Crippen LogP contribution in [0.3, 0.4) is 0 Å². The molecule has 0 unspecified atom stereocenters. The van der Waals surface area contributed by atoms with Crippen molar-refractivity contribution >= 4 is 46.8 Å². The van der Waals surface area contributed by atoms with E-state index in [0.717, 1.165) is 5.56 Å². The normalized spacial score (nSPS) is 12.0. The van der Waals surface area contributed by atoms with Gasteiger partial charge in [-0.1, -0.05) is 53.5 Å². The Labute approximate surface area is 150 Å². The smallest absolute Gasteiger partial charge is 0.331 e. The number of carbonyl (C=O) groups is 2. The van der Waals surface area contributed by atoms with Gasteiger partial charge >= 0.3 is 5.97 Å². The van der Waals surface area contributed by atoms with E-state index in [2.05, 4.69) is 5.32 Å². The van der Waals surface area contributed by atoms with Crippen LogP contribution in [0, 0.1) is 0 Å². The summed E-state index contributed by atoms with van der Waals surface area (Å²) in [5, 5.41) is 3.35. The molecule has 2 aromatic carbocycles. The van der Waals surface area contributed by atoms with Crippen molar-refractivity contribution < 1.29 is 14.3 Å². The Hall–Kier alpha value is -2.30. The maximum Gasteiger partial charge on any atom is 0.331 e. The topological polar surface area (TPSA) is 55.4 Å². The summed E-state index contributed by atoms with van der Waals surface area (Å²) in [6, 6.07) is 14.0. The number of carbonyl (C=O) groups excluding carboxylic acids is 2. The summed E-state index contributed by atoms with van der Waals surface area (Å²) in [7, 11) is 0. The lowest BCUT2D eigenvalue weighted by atomic mass is 10.2. The lowest BCUT2D eigenvalue weighted by Crippen LogP contribution is -2.29. The average molecular weight is 364 g/mol. The van der Waals surface area contributed by atoms with Gasteiger partial charge in [-0.25, -0.2) is 4.79 Å². The summed E-state index contributed by atoms with van der Waals surface area (Å²) in [6.45, 7) is 1.48. The molecule has 0 spiro atoms. The van der Waals surface area contributed by atoms with Crippen molar-refractivity contribution in [1.29, 1.82) is 0 Å². The quantitative estimate of drug-likeness (QED) is 0.624. The van der Waals surface area contributed by atoms with Crippen molar-refractivity contribution in [3.05, 3.63) is 70.2 Å². The highest BCUT2D eigenvalue weighted by atomic mass is 35.5. The maximum absolute atomic E-state index is 12.1. The molecule has 2 aromatic rings. The van der Waals surface area contributed by atoms with Crippen LogP contribution >= 0.6 is 23.2 Å². The van der Waals surface area contributed by atoms with Gasteiger partial charge in [-0.3, -0.25) is 4.79 Å². The predicted molar refractivity (Wildman–Crippen MR) is 96.1 cm³/mol. The van der Waals surface area contributed by atoms with Gasteiger partial charge < -0.3 is 10.1 Å². The fraction of sp³-hybridized carbons (Fsp3) is 0.111. The van der Waals surface area contributed by atoms with Crippen molar-refractivity contribution in [1.82, 2.24) is 0 Å². The van der Waals surface area contributed by atoms with Crippen LogP contribution in [0.1, 0.15) is 12.5 Å². The zero-order chi connectivity index (χ0) is 17.5. The monoisotopic (exact) mass is 363 g/mol. The third-order valence-corrected chi connectivity index (χ3v) is 3.61. The molecule has 1 atom stereocenters. The molecular formula is C18H15Cl2NO3. The Morgan fingerprint density at radius 2 is 1.83 bits per heavy atom. The molecule has 1 N–H and O–H groups in total. The van der Waals surface area contributed by atoms with Crippen LogP contribution in [0.2, 0.25) is 10.0 Å². The van der Waals surface area contributed by atoms with Crippen LogP contribution in [0.15, 0.2) is 54.6 Å². The summed E-state index contributed by atoms with van der Waals surface area (Å²) in [5.74, 6) is -1.09. The highest BCUT2D eigenvalue weighted by molar-refractivity contribution is 6.36. The first-order chi connectivity index (χ1) is 11.5. The number of nitrogens with one attached hydrogen (secondary N) is 1. The minimum Gasteiger partial charge on any atom is -0.449 e. The fourth-order valence-electron chi connectivity index (χ4n) is 1.82. The van der Waals surface area contributed by atoms with Gasteiger partial charge in [-0.15, -0.1) is 0 Å². The zero-order valence-corrected chi connectivity index (χ0v) is 14.3. The van der Waals surface area contributed by atoms with E-state index in [-0.39, 0.29) is 0 Å². The van der Waals surface area contributed by atoms with Gasteiger partial charge in [0.1, 0.15) is 0 Å². The van der Waals surface area contributed by atoms with Gasteiger partial charge in [0.05, 0.1) is 10.7 Å². The average Bonchev–Trinajstić information content (AvgIpc) is 2.56. The molecule has 1 amide bonds. The predicted octanol–water partition coefficient (Wildman–Crippen LogP) is 4.58. The van der Waals surface area contributed by atoms with E-state index in [1.165, 1.54) is 19.1 Å². The summed E-state index contributed by atoms with van der Waals surface area (Å²) >= 11 is 11.8. The van der Waals surface area contributed by atoms with Crippen LogP contribution < -0.4 is 5.32 Å². The molecule has 0 bridgehead atoms. The highest BCUT2D eigenvalue weighted by Gasteiger charge is 2.17. The molecule has 0 aliphatic heterocycles. The molecule has 0 aliphatic rings. The number of hydrogen-bond acceptors (Lipinski definition) is 3. The fourth-order valence-corrected chi connectivity index (χ4v) is 2.28. The van der Waals surface area contributed by atoms with Gasteiger partial charge in [0.15, 0.2) is 6.10 Å². The van der Waals surface area contributed by atoms with Gasteiger partial charge in [0.25, 0.3) is 5.91 Å². The number of esters is 1. The highest BCUT2D eigenvalue weighted by Crippen LogP contribution is 2.25.